The van der Waals surface area contributed by atoms with Gasteiger partial charge >= 0.3 is 0 Å². The minimum atomic E-state index is -0.490. The van der Waals surface area contributed by atoms with Gasteiger partial charge in [0.25, 0.3) is 0 Å². The summed E-state index contributed by atoms with van der Waals surface area (Å²) in [5.74, 6) is 1.19. The molecule has 0 aromatic carbocycles. The van der Waals surface area contributed by atoms with E-state index in [4.69, 9.17) is 9.47 Å². The Hall–Kier alpha value is -0.120. The number of hydrogen-bond donors (Lipinski definition) is 1. The highest BCUT2D eigenvalue weighted by atomic mass is 16.5. The molecule has 104 valence electrons. The van der Waals surface area contributed by atoms with Crippen molar-refractivity contribution in [3.8, 4) is 0 Å². The molecule has 3 rings (SSSR count). The zero-order valence-corrected chi connectivity index (χ0v) is 11.5. The summed E-state index contributed by atoms with van der Waals surface area (Å²) in [7, 11) is 0. The van der Waals surface area contributed by atoms with Crippen LogP contribution in [0.4, 0.5) is 0 Å². The molecule has 0 bridgehead atoms. The topological polar surface area (TPSA) is 38.7 Å². The van der Waals surface area contributed by atoms with Gasteiger partial charge in [0.15, 0.2) is 0 Å². The van der Waals surface area contributed by atoms with Crippen LogP contribution in [0.25, 0.3) is 0 Å². The van der Waals surface area contributed by atoms with Crippen molar-refractivity contribution in [2.45, 2.75) is 63.1 Å². The van der Waals surface area contributed by atoms with Crippen LogP contribution in [-0.2, 0) is 9.47 Å². The lowest BCUT2D eigenvalue weighted by atomic mass is 9.72. The van der Waals surface area contributed by atoms with Crippen LogP contribution in [0, 0.1) is 11.8 Å². The van der Waals surface area contributed by atoms with Gasteiger partial charge in [-0.15, -0.1) is 0 Å². The minimum Gasteiger partial charge on any atom is -0.390 e. The second-order valence-electron chi connectivity index (χ2n) is 6.84. The van der Waals surface area contributed by atoms with E-state index in [1.165, 1.54) is 12.8 Å². The van der Waals surface area contributed by atoms with Crippen molar-refractivity contribution in [1.82, 2.24) is 0 Å². The maximum atomic E-state index is 10.8. The van der Waals surface area contributed by atoms with Crippen molar-refractivity contribution in [3.05, 3.63) is 0 Å². The Morgan fingerprint density at radius 2 is 1.89 bits per heavy atom. The normalized spacial score (nSPS) is 35.3. The fraction of sp³-hybridized carbons (Fsp3) is 1.00. The molecular weight excluding hydrogens is 228 g/mol. The third-order valence-electron chi connectivity index (χ3n) is 5.18. The Labute approximate surface area is 110 Å². The molecule has 1 N–H and O–H groups in total. The monoisotopic (exact) mass is 254 g/mol. The third-order valence-corrected chi connectivity index (χ3v) is 5.18. The van der Waals surface area contributed by atoms with Gasteiger partial charge in [-0.25, -0.2) is 0 Å². The van der Waals surface area contributed by atoms with Crippen molar-refractivity contribution in [3.63, 3.8) is 0 Å². The molecule has 0 amide bonds. The molecule has 1 aliphatic carbocycles. The van der Waals surface area contributed by atoms with Crippen molar-refractivity contribution >= 4 is 0 Å². The van der Waals surface area contributed by atoms with E-state index in [1.54, 1.807) is 0 Å². The molecule has 2 aliphatic heterocycles. The quantitative estimate of drug-likeness (QED) is 0.841. The Morgan fingerprint density at radius 3 is 2.56 bits per heavy atom. The molecule has 2 unspecified atom stereocenters. The highest BCUT2D eigenvalue weighted by molar-refractivity contribution is 4.96. The summed E-state index contributed by atoms with van der Waals surface area (Å²) >= 11 is 0. The summed E-state index contributed by atoms with van der Waals surface area (Å²) in [4.78, 5) is 0. The molecule has 0 aromatic heterocycles. The lowest BCUT2D eigenvalue weighted by Crippen LogP contribution is -2.50. The van der Waals surface area contributed by atoms with Gasteiger partial charge in [0.2, 0.25) is 0 Å². The molecule has 1 saturated carbocycles. The zero-order chi connectivity index (χ0) is 12.6. The van der Waals surface area contributed by atoms with E-state index in [9.17, 15) is 5.11 Å². The van der Waals surface area contributed by atoms with Crippen LogP contribution in [0.5, 0.6) is 0 Å². The molecule has 2 heterocycles. The standard InChI is InChI=1S/C15H26O3/c1-14(16,10-12-2-3-12)13-4-7-18-15(11-13)5-8-17-9-6-15/h12-13,16H,2-11H2,1H3. The Bertz CT molecular complexity index is 285. The van der Waals surface area contributed by atoms with Crippen LogP contribution in [0.15, 0.2) is 0 Å². The fourth-order valence-electron chi connectivity index (χ4n) is 3.72. The van der Waals surface area contributed by atoms with Crippen molar-refractivity contribution in [1.29, 1.82) is 0 Å². The summed E-state index contributed by atoms with van der Waals surface area (Å²) in [6.45, 7) is 4.49. The molecule has 3 heteroatoms. The highest BCUT2D eigenvalue weighted by Crippen LogP contribution is 2.46. The lowest BCUT2D eigenvalue weighted by molar-refractivity contribution is -0.173. The molecule has 0 aromatic rings. The van der Waals surface area contributed by atoms with E-state index in [0.717, 1.165) is 57.8 Å². The van der Waals surface area contributed by atoms with E-state index in [2.05, 4.69) is 0 Å². The summed E-state index contributed by atoms with van der Waals surface area (Å²) in [6, 6.07) is 0. The maximum Gasteiger partial charge on any atom is 0.0730 e. The zero-order valence-electron chi connectivity index (χ0n) is 11.5. The lowest BCUT2D eigenvalue weighted by Gasteiger charge is -2.47. The van der Waals surface area contributed by atoms with Crippen LogP contribution in [0.1, 0.15) is 51.9 Å². The van der Waals surface area contributed by atoms with Crippen LogP contribution >= 0.6 is 0 Å². The molecule has 1 spiro atoms. The van der Waals surface area contributed by atoms with Crippen LogP contribution in [-0.4, -0.2) is 36.1 Å². The fourth-order valence-corrected chi connectivity index (χ4v) is 3.72. The van der Waals surface area contributed by atoms with Gasteiger partial charge in [0.1, 0.15) is 0 Å². The summed E-state index contributed by atoms with van der Waals surface area (Å²) in [5, 5.41) is 10.8. The minimum absolute atomic E-state index is 0.00864. The van der Waals surface area contributed by atoms with E-state index >= 15 is 0 Å². The second-order valence-corrected chi connectivity index (χ2v) is 6.84. The number of aliphatic hydroxyl groups is 1. The molecule has 2 atom stereocenters. The molecule has 18 heavy (non-hydrogen) atoms. The van der Waals surface area contributed by atoms with Gasteiger partial charge < -0.3 is 14.6 Å². The van der Waals surface area contributed by atoms with E-state index < -0.39 is 5.60 Å². The van der Waals surface area contributed by atoms with Gasteiger partial charge in [0, 0.05) is 19.8 Å². The van der Waals surface area contributed by atoms with Crippen LogP contribution in [0.3, 0.4) is 0 Å². The van der Waals surface area contributed by atoms with E-state index in [0.29, 0.717) is 5.92 Å². The molecule has 3 fully saturated rings. The van der Waals surface area contributed by atoms with Crippen molar-refractivity contribution < 1.29 is 14.6 Å². The molecule has 0 radical (unpaired) electrons. The van der Waals surface area contributed by atoms with E-state index in [-0.39, 0.29) is 5.60 Å². The Kier molecular flexibility index (Phi) is 3.41. The first-order chi connectivity index (χ1) is 8.60. The van der Waals surface area contributed by atoms with Gasteiger partial charge in [0.05, 0.1) is 11.2 Å². The number of rotatable bonds is 3. The van der Waals surface area contributed by atoms with E-state index in [1.807, 2.05) is 6.92 Å². The average Bonchev–Trinajstić information content (AvgIpc) is 3.13. The summed E-state index contributed by atoms with van der Waals surface area (Å²) in [6.07, 6.45) is 7.67. The summed E-state index contributed by atoms with van der Waals surface area (Å²) in [5.41, 5.74) is -0.481. The molecule has 3 aliphatic rings. The van der Waals surface area contributed by atoms with Crippen molar-refractivity contribution in [2.75, 3.05) is 19.8 Å². The van der Waals surface area contributed by atoms with Crippen LogP contribution in [0.2, 0.25) is 0 Å². The first kappa shape index (κ1) is 12.9. The number of hydrogen-bond acceptors (Lipinski definition) is 3. The first-order valence-electron chi connectivity index (χ1n) is 7.54. The number of ether oxygens (including phenoxy) is 2. The van der Waals surface area contributed by atoms with Crippen LogP contribution < -0.4 is 0 Å². The third kappa shape index (κ3) is 2.73. The predicted octanol–water partition coefficient (Wildman–Crippen LogP) is 2.51. The van der Waals surface area contributed by atoms with Gasteiger partial charge in [-0.2, -0.15) is 0 Å². The smallest absolute Gasteiger partial charge is 0.0730 e. The van der Waals surface area contributed by atoms with Gasteiger partial charge in [-0.3, -0.25) is 0 Å². The van der Waals surface area contributed by atoms with Crippen molar-refractivity contribution in [2.24, 2.45) is 11.8 Å². The Morgan fingerprint density at radius 1 is 1.17 bits per heavy atom. The molecule has 2 saturated heterocycles. The SMILES string of the molecule is CC(O)(CC1CC1)C1CCOC2(CCOCC2)C1. The Balaban J connectivity index is 1.64. The van der Waals surface area contributed by atoms with Gasteiger partial charge in [-0.1, -0.05) is 12.8 Å². The predicted molar refractivity (Wildman–Crippen MR) is 69.4 cm³/mol. The average molecular weight is 254 g/mol. The molecular formula is C15H26O3. The second kappa shape index (κ2) is 4.77. The molecule has 3 nitrogen and oxygen atoms in total. The highest BCUT2D eigenvalue weighted by Gasteiger charge is 2.46. The summed E-state index contributed by atoms with van der Waals surface area (Å²) < 4.78 is 11.5. The maximum absolute atomic E-state index is 10.8. The van der Waals surface area contributed by atoms with Gasteiger partial charge in [-0.05, 0) is 50.9 Å². The first-order valence-corrected chi connectivity index (χ1v) is 7.54. The largest absolute Gasteiger partial charge is 0.390 e.